The molecule has 1 atom stereocenters. The Morgan fingerprint density at radius 3 is 2.81 bits per heavy atom. The van der Waals surface area contributed by atoms with Crippen molar-refractivity contribution < 1.29 is 14.3 Å². The van der Waals surface area contributed by atoms with Crippen LogP contribution in [-0.4, -0.2) is 45.1 Å². The van der Waals surface area contributed by atoms with Crippen molar-refractivity contribution in [2.75, 3.05) is 18.8 Å². The first-order valence-electron chi connectivity index (χ1n) is 8.20. The van der Waals surface area contributed by atoms with Crippen LogP contribution in [0.3, 0.4) is 0 Å². The molecular formula is C18H20ClFN4O2. The number of rotatable bonds is 3. The second-order valence-electron chi connectivity index (χ2n) is 7.22. The summed E-state index contributed by atoms with van der Waals surface area (Å²) >= 11 is 6.14. The van der Waals surface area contributed by atoms with Crippen molar-refractivity contribution in [3.63, 3.8) is 0 Å². The number of fused-ring (bicyclic) bond motifs is 1. The Hall–Kier alpha value is -2.25. The van der Waals surface area contributed by atoms with Crippen LogP contribution in [0.25, 0.3) is 11.3 Å². The van der Waals surface area contributed by atoms with Gasteiger partial charge in [0.1, 0.15) is 5.82 Å². The van der Waals surface area contributed by atoms with E-state index in [2.05, 4.69) is 9.97 Å². The third-order valence-electron chi connectivity index (χ3n) is 4.43. The van der Waals surface area contributed by atoms with Crippen molar-refractivity contribution in [1.82, 2.24) is 14.9 Å². The third-order valence-corrected chi connectivity index (χ3v) is 4.70. The molecule has 138 valence electrons. The number of aromatic nitrogens is 2. The Morgan fingerprint density at radius 2 is 2.15 bits per heavy atom. The first kappa shape index (κ1) is 18.5. The zero-order valence-electron chi connectivity index (χ0n) is 14.8. The number of hydrogen-bond acceptors (Lipinski definition) is 5. The summed E-state index contributed by atoms with van der Waals surface area (Å²) in [7, 11) is 0. The third kappa shape index (κ3) is 3.24. The molecule has 0 bridgehead atoms. The number of carbonyl (C=O) groups is 1. The lowest BCUT2D eigenvalue weighted by Gasteiger charge is -2.40. The van der Waals surface area contributed by atoms with Gasteiger partial charge in [-0.25, -0.2) is 14.4 Å². The number of amides is 1. The van der Waals surface area contributed by atoms with Gasteiger partial charge >= 0.3 is 0 Å². The number of nitrogens with two attached hydrogens (primary N) is 1. The minimum Gasteiger partial charge on any atom is -0.392 e. The smallest absolute Gasteiger partial charge is 0.257 e. The number of β-amino-alcohol motifs (C(OH)–C–C–N with tert-alkyl or cyclic N) is 1. The SMILES string of the molecule is C[C@H](O)CN1CC(C)(C)c2cc(-c3nc(N)ncc3Cl)cc(F)c2C1=O. The number of carbonyl (C=O) groups excluding carboxylic acids is 1. The first-order valence-corrected chi connectivity index (χ1v) is 8.57. The van der Waals surface area contributed by atoms with Crippen LogP contribution in [0.15, 0.2) is 18.3 Å². The van der Waals surface area contributed by atoms with Gasteiger partial charge in [0, 0.05) is 24.1 Å². The highest BCUT2D eigenvalue weighted by Gasteiger charge is 2.39. The summed E-state index contributed by atoms with van der Waals surface area (Å²) < 4.78 is 14.9. The van der Waals surface area contributed by atoms with Gasteiger partial charge < -0.3 is 15.7 Å². The predicted octanol–water partition coefficient (Wildman–Crippen LogP) is 2.63. The lowest BCUT2D eigenvalue weighted by molar-refractivity contribution is 0.0560. The quantitative estimate of drug-likeness (QED) is 0.856. The predicted molar refractivity (Wildman–Crippen MR) is 97.5 cm³/mol. The monoisotopic (exact) mass is 378 g/mol. The molecule has 1 aromatic carbocycles. The van der Waals surface area contributed by atoms with Crippen molar-refractivity contribution in [2.24, 2.45) is 0 Å². The van der Waals surface area contributed by atoms with E-state index in [0.717, 1.165) is 0 Å². The normalized spacial score (nSPS) is 17.2. The molecular weight excluding hydrogens is 359 g/mol. The number of halogens is 2. The maximum atomic E-state index is 14.9. The van der Waals surface area contributed by atoms with E-state index in [1.54, 1.807) is 13.0 Å². The largest absolute Gasteiger partial charge is 0.392 e. The summed E-state index contributed by atoms with van der Waals surface area (Å²) in [6, 6.07) is 2.95. The minimum absolute atomic E-state index is 0.0174. The van der Waals surface area contributed by atoms with E-state index in [-0.39, 0.29) is 23.1 Å². The molecule has 1 amide bonds. The number of aliphatic hydroxyl groups is 1. The molecule has 26 heavy (non-hydrogen) atoms. The standard InChI is InChI=1S/C18H20ClFN4O2/c1-9(25)7-24-8-18(2,3)11-4-10(5-13(20)14(11)16(24)26)15-12(19)6-22-17(21)23-15/h4-6,9,25H,7-8H2,1-3H3,(H2,21,22,23)/t9-/m0/s1. The molecule has 1 aliphatic rings. The molecule has 8 heteroatoms. The van der Waals surface area contributed by atoms with E-state index in [9.17, 15) is 14.3 Å². The van der Waals surface area contributed by atoms with E-state index in [1.807, 2.05) is 13.8 Å². The fourth-order valence-corrected chi connectivity index (χ4v) is 3.54. The lowest BCUT2D eigenvalue weighted by Crippen LogP contribution is -2.49. The van der Waals surface area contributed by atoms with Crippen molar-refractivity contribution in [3.05, 3.63) is 40.3 Å². The van der Waals surface area contributed by atoms with E-state index >= 15 is 0 Å². The van der Waals surface area contributed by atoms with Gasteiger partial charge in [0.2, 0.25) is 5.95 Å². The van der Waals surface area contributed by atoms with E-state index in [1.165, 1.54) is 17.2 Å². The van der Waals surface area contributed by atoms with E-state index in [4.69, 9.17) is 17.3 Å². The molecule has 0 spiro atoms. The molecule has 1 aromatic heterocycles. The summed E-state index contributed by atoms with van der Waals surface area (Å²) in [6.45, 7) is 5.96. The summed E-state index contributed by atoms with van der Waals surface area (Å²) in [4.78, 5) is 22.1. The highest BCUT2D eigenvalue weighted by molar-refractivity contribution is 6.32. The molecule has 1 aliphatic heterocycles. The number of aliphatic hydroxyl groups excluding tert-OH is 1. The maximum Gasteiger partial charge on any atom is 0.257 e. The summed E-state index contributed by atoms with van der Waals surface area (Å²) in [5, 5.41) is 9.88. The number of nitrogens with zero attached hydrogens (tertiary/aromatic N) is 3. The Kier molecular flexibility index (Phi) is 4.62. The van der Waals surface area contributed by atoms with Crippen molar-refractivity contribution in [3.8, 4) is 11.3 Å². The zero-order chi connectivity index (χ0) is 19.2. The minimum atomic E-state index is -0.693. The fourth-order valence-electron chi connectivity index (χ4n) is 3.34. The number of hydrogen-bond donors (Lipinski definition) is 2. The molecule has 2 heterocycles. The van der Waals surface area contributed by atoms with E-state index in [0.29, 0.717) is 23.4 Å². The molecule has 0 unspecified atom stereocenters. The molecule has 0 saturated heterocycles. The van der Waals surface area contributed by atoms with Crippen molar-refractivity contribution >= 4 is 23.5 Å². The van der Waals surface area contributed by atoms with Crippen LogP contribution < -0.4 is 5.73 Å². The van der Waals surface area contributed by atoms with Crippen molar-refractivity contribution in [1.29, 1.82) is 0 Å². The molecule has 0 aliphatic carbocycles. The molecule has 0 radical (unpaired) electrons. The van der Waals surface area contributed by atoms with Crippen LogP contribution in [0.5, 0.6) is 0 Å². The van der Waals surface area contributed by atoms with Crippen LogP contribution in [-0.2, 0) is 5.41 Å². The Balaban J connectivity index is 2.16. The topological polar surface area (TPSA) is 92.3 Å². The van der Waals surface area contributed by atoms with Crippen LogP contribution in [0, 0.1) is 5.82 Å². The van der Waals surface area contributed by atoms with Gasteiger partial charge in [-0.1, -0.05) is 25.4 Å². The lowest BCUT2D eigenvalue weighted by atomic mass is 9.77. The van der Waals surface area contributed by atoms with Gasteiger partial charge in [-0.2, -0.15) is 0 Å². The number of anilines is 1. The maximum absolute atomic E-state index is 14.9. The van der Waals surface area contributed by atoms with Crippen LogP contribution in [0.4, 0.5) is 10.3 Å². The molecule has 6 nitrogen and oxygen atoms in total. The van der Waals surface area contributed by atoms with Crippen molar-refractivity contribution in [2.45, 2.75) is 32.3 Å². The van der Waals surface area contributed by atoms with Gasteiger partial charge in [0.15, 0.2) is 0 Å². The highest BCUT2D eigenvalue weighted by Crippen LogP contribution is 2.38. The molecule has 3 rings (SSSR count). The van der Waals surface area contributed by atoms with Gasteiger partial charge in [0.05, 0.1) is 28.6 Å². The van der Waals surface area contributed by atoms with Gasteiger partial charge in [0.25, 0.3) is 5.91 Å². The first-order chi connectivity index (χ1) is 12.1. The summed E-state index contributed by atoms with van der Waals surface area (Å²) in [5.74, 6) is -1.06. The highest BCUT2D eigenvalue weighted by atomic mass is 35.5. The molecule has 3 N–H and O–H groups in total. The number of benzene rings is 1. The number of nitrogen functional groups attached to an aromatic ring is 1. The Labute approximate surface area is 155 Å². The zero-order valence-corrected chi connectivity index (χ0v) is 15.5. The fraction of sp³-hybridized carbons (Fsp3) is 0.389. The Bertz CT molecular complexity index is 886. The van der Waals surface area contributed by atoms with Gasteiger partial charge in [-0.3, -0.25) is 4.79 Å². The van der Waals surface area contributed by atoms with Crippen LogP contribution >= 0.6 is 11.6 Å². The molecule has 0 fully saturated rings. The summed E-state index contributed by atoms with van der Waals surface area (Å²) in [5.41, 5.74) is 6.45. The second kappa shape index (κ2) is 6.48. The van der Waals surface area contributed by atoms with Crippen LogP contribution in [0.2, 0.25) is 5.02 Å². The average Bonchev–Trinajstić information content (AvgIpc) is 2.53. The Morgan fingerprint density at radius 1 is 1.46 bits per heavy atom. The summed E-state index contributed by atoms with van der Waals surface area (Å²) in [6.07, 6.45) is 0.665. The van der Waals surface area contributed by atoms with Gasteiger partial charge in [-0.15, -0.1) is 0 Å². The van der Waals surface area contributed by atoms with E-state index < -0.39 is 23.2 Å². The molecule has 0 saturated carbocycles. The second-order valence-corrected chi connectivity index (χ2v) is 7.63. The average molecular weight is 379 g/mol. The van der Waals surface area contributed by atoms with Crippen LogP contribution in [0.1, 0.15) is 36.7 Å². The molecule has 2 aromatic rings. The van der Waals surface area contributed by atoms with Gasteiger partial charge in [-0.05, 0) is 24.6 Å².